The van der Waals surface area contributed by atoms with Crippen molar-refractivity contribution in [1.82, 2.24) is 0 Å². The van der Waals surface area contributed by atoms with Gasteiger partial charge in [0.05, 0.1) is 7.11 Å². The summed E-state index contributed by atoms with van der Waals surface area (Å²) < 4.78 is 5.31. The Morgan fingerprint density at radius 2 is 1.73 bits per heavy atom. The maximum absolute atomic E-state index is 9.16. The number of phenols is 2. The summed E-state index contributed by atoms with van der Waals surface area (Å²) >= 11 is 3.10. The van der Waals surface area contributed by atoms with Crippen LogP contribution in [0.4, 0.5) is 0 Å². The lowest BCUT2D eigenvalue weighted by Gasteiger charge is -2.05. The Morgan fingerprint density at radius 1 is 1.27 bits per heavy atom. The Labute approximate surface area is 72.4 Å². The molecule has 0 aliphatic carbocycles. The SMILES string of the molecule is COc1c(O)cc(Br)cc1O. The summed E-state index contributed by atoms with van der Waals surface area (Å²) in [7, 11) is 1.38. The molecule has 3 nitrogen and oxygen atoms in total. The van der Waals surface area contributed by atoms with E-state index in [2.05, 4.69) is 15.9 Å². The summed E-state index contributed by atoms with van der Waals surface area (Å²) in [6, 6.07) is 2.89. The van der Waals surface area contributed by atoms with Crippen molar-refractivity contribution in [3.8, 4) is 17.2 Å². The topological polar surface area (TPSA) is 49.7 Å². The third kappa shape index (κ3) is 1.57. The molecule has 0 saturated heterocycles. The van der Waals surface area contributed by atoms with Gasteiger partial charge in [0.25, 0.3) is 0 Å². The molecular weight excluding hydrogens is 212 g/mol. The minimum atomic E-state index is -0.0839. The van der Waals surface area contributed by atoms with Gasteiger partial charge in [0.1, 0.15) is 0 Å². The van der Waals surface area contributed by atoms with E-state index in [1.165, 1.54) is 19.2 Å². The fourth-order valence-electron chi connectivity index (χ4n) is 0.774. The number of hydrogen-bond acceptors (Lipinski definition) is 3. The van der Waals surface area contributed by atoms with Crippen LogP contribution < -0.4 is 4.74 Å². The van der Waals surface area contributed by atoms with Crippen LogP contribution in [0.2, 0.25) is 0 Å². The zero-order chi connectivity index (χ0) is 8.43. The van der Waals surface area contributed by atoms with Gasteiger partial charge in [0.2, 0.25) is 5.75 Å². The Hall–Kier alpha value is -0.900. The average molecular weight is 219 g/mol. The fraction of sp³-hybridized carbons (Fsp3) is 0.143. The molecule has 0 heterocycles. The molecule has 0 fully saturated rings. The Bertz CT molecular complexity index is 249. The normalized spacial score (nSPS) is 9.64. The molecule has 0 saturated carbocycles. The van der Waals surface area contributed by atoms with Gasteiger partial charge in [-0.05, 0) is 12.1 Å². The molecule has 1 aromatic rings. The number of benzene rings is 1. The van der Waals surface area contributed by atoms with E-state index in [1.54, 1.807) is 0 Å². The van der Waals surface area contributed by atoms with Crippen molar-refractivity contribution in [2.24, 2.45) is 0 Å². The van der Waals surface area contributed by atoms with Crippen LogP contribution in [0.1, 0.15) is 0 Å². The van der Waals surface area contributed by atoms with Crippen LogP contribution in [0.15, 0.2) is 16.6 Å². The van der Waals surface area contributed by atoms with E-state index in [0.29, 0.717) is 4.47 Å². The van der Waals surface area contributed by atoms with Crippen molar-refractivity contribution in [3.05, 3.63) is 16.6 Å². The quantitative estimate of drug-likeness (QED) is 0.757. The maximum atomic E-state index is 9.16. The highest BCUT2D eigenvalue weighted by molar-refractivity contribution is 9.10. The van der Waals surface area contributed by atoms with Gasteiger partial charge in [0, 0.05) is 4.47 Å². The van der Waals surface area contributed by atoms with Gasteiger partial charge >= 0.3 is 0 Å². The number of hydrogen-bond donors (Lipinski definition) is 2. The first-order chi connectivity index (χ1) is 5.15. The summed E-state index contributed by atoms with van der Waals surface area (Å²) in [4.78, 5) is 0. The van der Waals surface area contributed by atoms with E-state index in [0.717, 1.165) is 0 Å². The standard InChI is InChI=1S/C7H7BrO3/c1-11-7-5(9)2-4(8)3-6(7)10/h2-3,9-10H,1H3. The predicted molar refractivity (Wildman–Crippen MR) is 44.0 cm³/mol. The molecule has 4 heteroatoms. The highest BCUT2D eigenvalue weighted by Crippen LogP contribution is 2.37. The van der Waals surface area contributed by atoms with Crippen LogP contribution in [-0.2, 0) is 0 Å². The van der Waals surface area contributed by atoms with E-state index < -0.39 is 0 Å². The highest BCUT2D eigenvalue weighted by atomic mass is 79.9. The maximum Gasteiger partial charge on any atom is 0.202 e. The molecule has 0 aliphatic heterocycles. The summed E-state index contributed by atoms with van der Waals surface area (Å²) in [6.07, 6.45) is 0. The lowest BCUT2D eigenvalue weighted by molar-refractivity contribution is 0.344. The fourth-order valence-corrected chi connectivity index (χ4v) is 1.21. The van der Waals surface area contributed by atoms with Crippen LogP contribution >= 0.6 is 15.9 Å². The molecular formula is C7H7BrO3. The smallest absolute Gasteiger partial charge is 0.202 e. The van der Waals surface area contributed by atoms with Gasteiger partial charge in [-0.2, -0.15) is 0 Å². The Balaban J connectivity index is 3.25. The lowest BCUT2D eigenvalue weighted by Crippen LogP contribution is -1.83. The largest absolute Gasteiger partial charge is 0.504 e. The van der Waals surface area contributed by atoms with Crippen LogP contribution in [-0.4, -0.2) is 17.3 Å². The van der Waals surface area contributed by atoms with Gasteiger partial charge in [-0.25, -0.2) is 0 Å². The monoisotopic (exact) mass is 218 g/mol. The van der Waals surface area contributed by atoms with E-state index in [9.17, 15) is 0 Å². The van der Waals surface area contributed by atoms with Crippen molar-refractivity contribution < 1.29 is 14.9 Å². The van der Waals surface area contributed by atoms with Crippen LogP contribution in [0.25, 0.3) is 0 Å². The molecule has 0 unspecified atom stereocenters. The first-order valence-corrected chi connectivity index (χ1v) is 3.70. The first-order valence-electron chi connectivity index (χ1n) is 2.90. The van der Waals surface area contributed by atoms with Gasteiger partial charge in [-0.3, -0.25) is 0 Å². The van der Waals surface area contributed by atoms with Crippen LogP contribution in [0, 0.1) is 0 Å². The third-order valence-electron chi connectivity index (χ3n) is 1.22. The number of halogens is 1. The molecule has 0 spiro atoms. The molecule has 0 atom stereocenters. The van der Waals surface area contributed by atoms with Crippen molar-refractivity contribution >= 4 is 15.9 Å². The molecule has 0 radical (unpaired) electrons. The van der Waals surface area contributed by atoms with E-state index in [-0.39, 0.29) is 17.2 Å². The number of rotatable bonds is 1. The second-order valence-corrected chi connectivity index (χ2v) is 2.89. The molecule has 11 heavy (non-hydrogen) atoms. The van der Waals surface area contributed by atoms with Gasteiger partial charge < -0.3 is 14.9 Å². The van der Waals surface area contributed by atoms with E-state index >= 15 is 0 Å². The zero-order valence-corrected chi connectivity index (χ0v) is 7.42. The molecule has 60 valence electrons. The Kier molecular flexibility index (Phi) is 2.24. The number of aromatic hydroxyl groups is 2. The zero-order valence-electron chi connectivity index (χ0n) is 5.84. The minimum absolute atomic E-state index is 0.0839. The second-order valence-electron chi connectivity index (χ2n) is 1.98. The van der Waals surface area contributed by atoms with Crippen molar-refractivity contribution in [2.75, 3.05) is 7.11 Å². The van der Waals surface area contributed by atoms with Crippen LogP contribution in [0.5, 0.6) is 17.2 Å². The minimum Gasteiger partial charge on any atom is -0.504 e. The number of phenolic OH excluding ortho intramolecular Hbond substituents is 2. The van der Waals surface area contributed by atoms with Gasteiger partial charge in [0.15, 0.2) is 11.5 Å². The molecule has 0 bridgehead atoms. The van der Waals surface area contributed by atoms with Crippen molar-refractivity contribution in [2.45, 2.75) is 0 Å². The van der Waals surface area contributed by atoms with Crippen LogP contribution in [0.3, 0.4) is 0 Å². The highest BCUT2D eigenvalue weighted by Gasteiger charge is 2.07. The summed E-state index contributed by atoms with van der Waals surface area (Å²) in [5, 5.41) is 18.3. The van der Waals surface area contributed by atoms with E-state index in [4.69, 9.17) is 14.9 Å². The molecule has 1 rings (SSSR count). The summed E-state index contributed by atoms with van der Waals surface area (Å²) in [5.74, 6) is -0.0769. The number of methoxy groups -OCH3 is 1. The molecule has 0 aromatic heterocycles. The van der Waals surface area contributed by atoms with Crippen molar-refractivity contribution in [3.63, 3.8) is 0 Å². The Morgan fingerprint density at radius 3 is 2.09 bits per heavy atom. The third-order valence-corrected chi connectivity index (χ3v) is 1.68. The first kappa shape index (κ1) is 8.20. The van der Waals surface area contributed by atoms with Crippen molar-refractivity contribution in [1.29, 1.82) is 0 Å². The number of ether oxygens (including phenoxy) is 1. The molecule has 0 amide bonds. The summed E-state index contributed by atoms with van der Waals surface area (Å²) in [6.45, 7) is 0. The second kappa shape index (κ2) is 3.00. The van der Waals surface area contributed by atoms with Gasteiger partial charge in [-0.15, -0.1) is 0 Å². The molecule has 0 aliphatic rings. The van der Waals surface area contributed by atoms with E-state index in [1.807, 2.05) is 0 Å². The summed E-state index contributed by atoms with van der Waals surface area (Å²) in [5.41, 5.74) is 0. The predicted octanol–water partition coefficient (Wildman–Crippen LogP) is 1.87. The van der Waals surface area contributed by atoms with Gasteiger partial charge in [-0.1, -0.05) is 15.9 Å². The molecule has 1 aromatic carbocycles. The average Bonchev–Trinajstić information content (AvgIpc) is 1.85. The lowest BCUT2D eigenvalue weighted by atomic mass is 10.3. The molecule has 2 N–H and O–H groups in total.